The molecule has 10 heteroatoms. The fourth-order valence-electron chi connectivity index (χ4n) is 6.86. The second-order valence-corrected chi connectivity index (χ2v) is 12.9. The van der Waals surface area contributed by atoms with Crippen LogP contribution in [0.15, 0.2) is 48.9 Å². The van der Waals surface area contributed by atoms with Crippen molar-refractivity contribution in [2.75, 3.05) is 18.6 Å². The first-order chi connectivity index (χ1) is 21.6. The number of carboxylic acids is 1. The van der Waals surface area contributed by atoms with Crippen LogP contribution in [0.1, 0.15) is 88.3 Å². The molecule has 3 aromatic rings. The van der Waals surface area contributed by atoms with Gasteiger partial charge < -0.3 is 15.2 Å². The molecule has 2 aliphatic carbocycles. The van der Waals surface area contributed by atoms with Crippen LogP contribution in [-0.4, -0.2) is 57.4 Å². The molecule has 2 aliphatic rings. The number of rotatable bonds is 9. The zero-order valence-electron chi connectivity index (χ0n) is 26.7. The molecule has 0 unspecified atom stereocenters. The molecule has 45 heavy (non-hydrogen) atoms. The number of pyridine rings is 1. The molecule has 10 nitrogen and oxygen atoms in total. The lowest BCUT2D eigenvalue weighted by atomic mass is 9.78. The first-order valence-electron chi connectivity index (χ1n) is 16.1. The van der Waals surface area contributed by atoms with E-state index in [2.05, 4.69) is 49.4 Å². The van der Waals surface area contributed by atoms with Crippen molar-refractivity contribution >= 4 is 23.6 Å². The molecule has 0 saturated heterocycles. The Balaban J connectivity index is 1.32. The average Bonchev–Trinajstić information content (AvgIpc) is 3.55. The number of anilines is 1. The number of nitrogens with one attached hydrogen (secondary N) is 1. The number of amides is 2. The fraction of sp³-hybridized carbons (Fsp3) is 0.514. The van der Waals surface area contributed by atoms with Crippen molar-refractivity contribution < 1.29 is 24.2 Å². The maximum atomic E-state index is 14.2. The van der Waals surface area contributed by atoms with Crippen molar-refractivity contribution in [3.63, 3.8) is 0 Å². The van der Waals surface area contributed by atoms with E-state index in [-0.39, 0.29) is 23.9 Å². The van der Waals surface area contributed by atoms with Crippen molar-refractivity contribution in [2.24, 2.45) is 11.8 Å². The molecule has 2 fully saturated rings. The van der Waals surface area contributed by atoms with Crippen LogP contribution in [0, 0.1) is 18.8 Å². The second-order valence-electron chi connectivity index (χ2n) is 12.9. The van der Waals surface area contributed by atoms with Crippen LogP contribution in [-0.2, 0) is 14.4 Å². The normalized spacial score (nSPS) is 21.7. The highest BCUT2D eigenvalue weighted by Crippen LogP contribution is 2.39. The molecule has 0 spiro atoms. The number of hydrogen-bond acceptors (Lipinski definition) is 6. The molecule has 2 heterocycles. The predicted molar refractivity (Wildman–Crippen MR) is 172 cm³/mol. The van der Waals surface area contributed by atoms with Crippen LogP contribution in [0.25, 0.3) is 11.1 Å². The van der Waals surface area contributed by atoms with Crippen LogP contribution in [0.4, 0.5) is 5.82 Å². The summed E-state index contributed by atoms with van der Waals surface area (Å²) in [6.07, 6.45) is 12.1. The van der Waals surface area contributed by atoms with Crippen molar-refractivity contribution in [2.45, 2.75) is 90.1 Å². The first-order valence-corrected chi connectivity index (χ1v) is 16.1. The lowest BCUT2D eigenvalue weighted by molar-refractivity contribution is -0.150. The quantitative estimate of drug-likeness (QED) is 0.287. The van der Waals surface area contributed by atoms with E-state index in [9.17, 15) is 14.4 Å². The molecular weight excluding hydrogens is 570 g/mol. The lowest BCUT2D eigenvalue weighted by Gasteiger charge is -2.36. The largest absolute Gasteiger partial charge is 0.496 e. The smallest absolute Gasteiger partial charge is 0.394 e. The average molecular weight is 616 g/mol. The molecule has 0 atom stereocenters. The highest BCUT2D eigenvalue weighted by atomic mass is 16.5. The number of benzene rings is 1. The number of hydrogen-bond donors (Lipinski definition) is 2. The molecule has 2 aromatic heterocycles. The van der Waals surface area contributed by atoms with E-state index in [1.54, 1.807) is 13.3 Å². The third-order valence-corrected chi connectivity index (χ3v) is 9.54. The summed E-state index contributed by atoms with van der Waals surface area (Å²) in [5.74, 6) is -0.246. The second kappa shape index (κ2) is 14.3. The lowest BCUT2D eigenvalue weighted by Crippen LogP contribution is -2.45. The third-order valence-electron chi connectivity index (χ3n) is 9.54. The molecule has 0 radical (unpaired) electrons. The number of carboxylic acid groups (broad SMARTS) is 1. The summed E-state index contributed by atoms with van der Waals surface area (Å²) in [5.41, 5.74) is 4.44. The Bertz CT molecular complexity index is 1500. The molecule has 0 bridgehead atoms. The summed E-state index contributed by atoms with van der Waals surface area (Å²) in [6, 6.07) is 10.4. The first kappa shape index (κ1) is 32.2. The van der Waals surface area contributed by atoms with Crippen LogP contribution >= 0.6 is 0 Å². The number of carbonyl (C=O) groups is 3. The van der Waals surface area contributed by atoms with Gasteiger partial charge in [0.2, 0.25) is 5.91 Å². The Morgan fingerprint density at radius 2 is 1.76 bits per heavy atom. The molecule has 2 saturated carbocycles. The van der Waals surface area contributed by atoms with E-state index >= 15 is 0 Å². The van der Waals surface area contributed by atoms with Gasteiger partial charge in [-0.3, -0.25) is 19.2 Å². The summed E-state index contributed by atoms with van der Waals surface area (Å²) in [5, 5.41) is 16.0. The molecule has 5 rings (SSSR count). The Morgan fingerprint density at radius 3 is 2.38 bits per heavy atom. The molecule has 240 valence electrons. The van der Waals surface area contributed by atoms with Crippen LogP contribution in [0.2, 0.25) is 0 Å². The summed E-state index contributed by atoms with van der Waals surface area (Å²) < 4.78 is 7.37. The summed E-state index contributed by atoms with van der Waals surface area (Å²) >= 11 is 0. The number of methoxy groups -OCH3 is 1. The van der Waals surface area contributed by atoms with Crippen LogP contribution < -0.4 is 15.0 Å². The van der Waals surface area contributed by atoms with Gasteiger partial charge in [-0.1, -0.05) is 12.1 Å². The summed E-state index contributed by atoms with van der Waals surface area (Å²) in [4.78, 5) is 43.5. The number of aromatic nitrogens is 3. The molecule has 0 aliphatic heterocycles. The van der Waals surface area contributed by atoms with Crippen molar-refractivity contribution in [3.8, 4) is 16.9 Å². The minimum atomic E-state index is -1.49. The van der Waals surface area contributed by atoms with Gasteiger partial charge in [0.25, 0.3) is 0 Å². The summed E-state index contributed by atoms with van der Waals surface area (Å²) in [7, 11) is 1.70. The van der Waals surface area contributed by atoms with Crippen molar-refractivity contribution in [3.05, 3.63) is 60.0 Å². The molecule has 1 aromatic carbocycles. The minimum Gasteiger partial charge on any atom is -0.496 e. The van der Waals surface area contributed by atoms with Crippen molar-refractivity contribution in [1.82, 2.24) is 20.1 Å². The zero-order chi connectivity index (χ0) is 32.1. The Hall–Kier alpha value is -4.21. The van der Waals surface area contributed by atoms with Crippen LogP contribution in [0.3, 0.4) is 0 Å². The highest BCUT2D eigenvalue weighted by Gasteiger charge is 2.34. The van der Waals surface area contributed by atoms with Gasteiger partial charge in [0.1, 0.15) is 11.6 Å². The number of carbonyl (C=O) groups excluding carboxylic acids is 2. The Labute approximate surface area is 265 Å². The van der Waals surface area contributed by atoms with Gasteiger partial charge in [0.05, 0.1) is 13.3 Å². The van der Waals surface area contributed by atoms with E-state index in [0.717, 1.165) is 48.1 Å². The Morgan fingerprint density at radius 1 is 1.02 bits per heavy atom. The van der Waals surface area contributed by atoms with Gasteiger partial charge in [-0.25, -0.2) is 9.78 Å². The molecule has 2 N–H and O–H groups in total. The van der Waals surface area contributed by atoms with E-state index < -0.39 is 11.9 Å². The van der Waals surface area contributed by atoms with E-state index in [1.807, 2.05) is 34.1 Å². The number of aryl methyl sites for hydroxylation is 1. The number of aliphatic carboxylic acids is 1. The van der Waals surface area contributed by atoms with E-state index in [4.69, 9.17) is 14.8 Å². The maximum Gasteiger partial charge on any atom is 0.394 e. The fourth-order valence-corrected chi connectivity index (χ4v) is 6.86. The van der Waals surface area contributed by atoms with Gasteiger partial charge in [-0.15, -0.1) is 0 Å². The highest BCUT2D eigenvalue weighted by molar-refractivity contribution is 6.31. The topological polar surface area (TPSA) is 127 Å². The van der Waals surface area contributed by atoms with Crippen molar-refractivity contribution in [1.29, 1.82) is 0 Å². The Kier molecular flexibility index (Phi) is 10.2. The SMILES string of the molecule is COc1ccc(C2CCC(CN(C(=O)C3CCC(NC(=O)C(=O)O)CC3)c3cc(-c4cnn(C(C)C)c4)ccn3)CC2)cc1C. The predicted octanol–water partition coefficient (Wildman–Crippen LogP) is 5.91. The standard InChI is InChI=1S/C35H45N5O5/c1-22(2)40-21-29(19-37-40)28-15-16-36-32(18-28)39(34(42)26-9-12-30(13-10-26)38-33(41)35(43)44)20-24-5-7-25(8-6-24)27-11-14-31(45-4)23(3)17-27/h11,14-19,21-22,24-26,30H,5-10,12-13,20H2,1-4H3,(H,38,41)(H,43,44). The van der Waals surface area contributed by atoms with Gasteiger partial charge in [-0.05, 0) is 119 Å². The van der Waals surface area contributed by atoms with Gasteiger partial charge in [-0.2, -0.15) is 5.10 Å². The number of nitrogens with zero attached hydrogens (tertiary/aromatic N) is 4. The van der Waals surface area contributed by atoms with Gasteiger partial charge >= 0.3 is 11.9 Å². The van der Waals surface area contributed by atoms with E-state index in [1.165, 1.54) is 5.56 Å². The van der Waals surface area contributed by atoms with Gasteiger partial charge in [0.15, 0.2) is 0 Å². The maximum absolute atomic E-state index is 14.2. The molecule has 2 amide bonds. The summed E-state index contributed by atoms with van der Waals surface area (Å²) in [6.45, 7) is 6.85. The minimum absolute atomic E-state index is 0.0495. The zero-order valence-corrected chi connectivity index (χ0v) is 26.7. The number of ether oxygens (including phenoxy) is 1. The van der Waals surface area contributed by atoms with Gasteiger partial charge in [0, 0.05) is 42.5 Å². The molecular formula is C35H45N5O5. The van der Waals surface area contributed by atoms with Crippen LogP contribution in [0.5, 0.6) is 5.75 Å². The third kappa shape index (κ3) is 7.72. The monoisotopic (exact) mass is 615 g/mol. The van der Waals surface area contributed by atoms with E-state index in [0.29, 0.717) is 49.9 Å².